The van der Waals surface area contributed by atoms with E-state index in [2.05, 4.69) is 17.1 Å². The van der Waals surface area contributed by atoms with Crippen LogP contribution in [0, 0.1) is 5.92 Å². The Hall–Kier alpha value is -2.14. The number of hydrogen-bond acceptors (Lipinski definition) is 4. The van der Waals surface area contributed by atoms with Crippen LogP contribution >= 0.6 is 0 Å². The summed E-state index contributed by atoms with van der Waals surface area (Å²) in [5, 5.41) is 3.33. The first-order valence-electron chi connectivity index (χ1n) is 8.67. The number of fused-ring (bicyclic) bond motifs is 1. The lowest BCUT2D eigenvalue weighted by Gasteiger charge is -2.30. The number of benzene rings is 1. The number of nitrogens with zero attached hydrogens (tertiary/aromatic N) is 1. The minimum atomic E-state index is -0.329. The topological polar surface area (TPSA) is 62.6 Å². The molecule has 0 atom stereocenters. The van der Waals surface area contributed by atoms with Crippen LogP contribution < -0.4 is 10.7 Å². The van der Waals surface area contributed by atoms with E-state index in [1.54, 1.807) is 24.3 Å². The number of hydrogen-bond donors (Lipinski definition) is 1. The summed E-state index contributed by atoms with van der Waals surface area (Å²) < 4.78 is 5.54. The first-order chi connectivity index (χ1) is 11.6. The van der Waals surface area contributed by atoms with Crippen molar-refractivity contribution in [3.05, 3.63) is 46.3 Å². The molecule has 5 nitrogen and oxygen atoms in total. The SMILES string of the molecule is CC1CCN(CCCNC(=O)c2cc(=O)c3ccccc3o2)CC1. The van der Waals surface area contributed by atoms with Gasteiger partial charge >= 0.3 is 0 Å². The maximum Gasteiger partial charge on any atom is 0.287 e. The molecule has 0 radical (unpaired) electrons. The molecule has 24 heavy (non-hydrogen) atoms. The average molecular weight is 328 g/mol. The first-order valence-corrected chi connectivity index (χ1v) is 8.67. The summed E-state index contributed by atoms with van der Waals surface area (Å²) in [6.07, 6.45) is 3.42. The summed E-state index contributed by atoms with van der Waals surface area (Å²) in [6, 6.07) is 8.23. The van der Waals surface area contributed by atoms with Crippen LogP contribution in [0.4, 0.5) is 0 Å². The molecule has 1 N–H and O–H groups in total. The monoisotopic (exact) mass is 328 g/mol. The molecule has 1 aliphatic rings. The van der Waals surface area contributed by atoms with E-state index in [0.29, 0.717) is 17.5 Å². The van der Waals surface area contributed by atoms with E-state index >= 15 is 0 Å². The number of carbonyl (C=O) groups is 1. The van der Waals surface area contributed by atoms with E-state index in [1.165, 1.54) is 18.9 Å². The Morgan fingerprint density at radius 2 is 2.04 bits per heavy atom. The van der Waals surface area contributed by atoms with Crippen LogP contribution in [-0.2, 0) is 0 Å². The third kappa shape index (κ3) is 4.03. The number of nitrogens with one attached hydrogen (secondary N) is 1. The van der Waals surface area contributed by atoms with Crippen LogP contribution in [0.15, 0.2) is 39.5 Å². The predicted molar refractivity (Wildman–Crippen MR) is 94.3 cm³/mol. The molecular formula is C19H24N2O3. The van der Waals surface area contributed by atoms with Gasteiger partial charge in [-0.15, -0.1) is 0 Å². The Bertz CT molecular complexity index is 761. The van der Waals surface area contributed by atoms with Crippen molar-refractivity contribution >= 4 is 16.9 Å². The molecule has 128 valence electrons. The molecule has 1 aromatic carbocycles. The molecule has 0 bridgehead atoms. The van der Waals surface area contributed by atoms with Crippen LogP contribution in [0.5, 0.6) is 0 Å². The van der Waals surface area contributed by atoms with Crippen molar-refractivity contribution in [2.75, 3.05) is 26.2 Å². The number of likely N-dealkylation sites (tertiary alicyclic amines) is 1. The molecule has 0 unspecified atom stereocenters. The van der Waals surface area contributed by atoms with E-state index in [9.17, 15) is 9.59 Å². The van der Waals surface area contributed by atoms with E-state index in [-0.39, 0.29) is 17.1 Å². The lowest BCUT2D eigenvalue weighted by atomic mass is 9.99. The van der Waals surface area contributed by atoms with Crippen molar-refractivity contribution in [3.63, 3.8) is 0 Å². The summed E-state index contributed by atoms with van der Waals surface area (Å²) in [6.45, 7) is 6.17. The highest BCUT2D eigenvalue weighted by atomic mass is 16.3. The summed E-state index contributed by atoms with van der Waals surface area (Å²) in [4.78, 5) is 26.6. The average Bonchev–Trinajstić information content (AvgIpc) is 2.60. The van der Waals surface area contributed by atoms with E-state index in [1.807, 2.05) is 0 Å². The lowest BCUT2D eigenvalue weighted by molar-refractivity contribution is 0.0923. The molecule has 2 aromatic rings. The van der Waals surface area contributed by atoms with Gasteiger partial charge in [0.1, 0.15) is 5.58 Å². The highest BCUT2D eigenvalue weighted by molar-refractivity contribution is 5.93. The predicted octanol–water partition coefficient (Wildman–Crippen LogP) is 2.64. The van der Waals surface area contributed by atoms with Crippen molar-refractivity contribution in [3.8, 4) is 0 Å². The van der Waals surface area contributed by atoms with Gasteiger partial charge in [0.05, 0.1) is 5.39 Å². The van der Waals surface area contributed by atoms with Gasteiger partial charge in [-0.1, -0.05) is 19.1 Å². The molecule has 1 amide bonds. The van der Waals surface area contributed by atoms with Crippen LogP contribution in [0.1, 0.15) is 36.7 Å². The molecular weight excluding hydrogens is 304 g/mol. The molecule has 1 aliphatic heterocycles. The minimum absolute atomic E-state index is 0.0745. The fourth-order valence-electron chi connectivity index (χ4n) is 3.09. The van der Waals surface area contributed by atoms with E-state index in [0.717, 1.165) is 32.0 Å². The lowest BCUT2D eigenvalue weighted by Crippen LogP contribution is -2.35. The van der Waals surface area contributed by atoms with Crippen molar-refractivity contribution in [2.24, 2.45) is 5.92 Å². The number of rotatable bonds is 5. The Morgan fingerprint density at radius 3 is 2.83 bits per heavy atom. The van der Waals surface area contributed by atoms with E-state index < -0.39 is 0 Å². The minimum Gasteiger partial charge on any atom is -0.451 e. The van der Waals surface area contributed by atoms with Crippen LogP contribution in [0.2, 0.25) is 0 Å². The van der Waals surface area contributed by atoms with Crippen molar-refractivity contribution in [2.45, 2.75) is 26.2 Å². The van der Waals surface area contributed by atoms with Gasteiger partial charge in [-0.2, -0.15) is 0 Å². The van der Waals surface area contributed by atoms with Gasteiger partial charge in [0, 0.05) is 12.6 Å². The normalized spacial score (nSPS) is 16.4. The van der Waals surface area contributed by atoms with Gasteiger partial charge in [0.2, 0.25) is 0 Å². The van der Waals surface area contributed by atoms with Crippen LogP contribution in [0.25, 0.3) is 11.0 Å². The quantitative estimate of drug-likeness (QED) is 0.857. The molecule has 3 rings (SSSR count). The maximum atomic E-state index is 12.2. The largest absolute Gasteiger partial charge is 0.451 e. The highest BCUT2D eigenvalue weighted by Crippen LogP contribution is 2.15. The van der Waals surface area contributed by atoms with Gasteiger partial charge in [0.25, 0.3) is 5.91 Å². The standard InChI is InChI=1S/C19H24N2O3/c1-14-7-11-21(12-8-14)10-4-9-20-19(23)18-13-16(22)15-5-2-3-6-17(15)24-18/h2-3,5-6,13-14H,4,7-12H2,1H3,(H,20,23). The second kappa shape index (κ2) is 7.62. The maximum absolute atomic E-state index is 12.2. The molecule has 1 saturated heterocycles. The summed E-state index contributed by atoms with van der Waals surface area (Å²) >= 11 is 0. The zero-order chi connectivity index (χ0) is 16.9. The number of para-hydroxylation sites is 1. The highest BCUT2D eigenvalue weighted by Gasteiger charge is 2.15. The summed E-state index contributed by atoms with van der Waals surface area (Å²) in [5.74, 6) is 0.576. The van der Waals surface area contributed by atoms with Crippen LogP contribution in [-0.4, -0.2) is 37.0 Å². The first kappa shape index (κ1) is 16.7. The molecule has 5 heteroatoms. The summed E-state index contributed by atoms with van der Waals surface area (Å²) in [5.41, 5.74) is 0.252. The number of amides is 1. The van der Waals surface area contributed by atoms with Gasteiger partial charge in [-0.3, -0.25) is 9.59 Å². The summed E-state index contributed by atoms with van der Waals surface area (Å²) in [7, 11) is 0. The molecule has 0 aliphatic carbocycles. The Morgan fingerprint density at radius 1 is 1.29 bits per heavy atom. The molecule has 1 fully saturated rings. The molecule has 0 saturated carbocycles. The second-order valence-corrected chi connectivity index (χ2v) is 6.60. The molecule has 1 aromatic heterocycles. The van der Waals surface area contributed by atoms with Crippen molar-refractivity contribution < 1.29 is 9.21 Å². The Kier molecular flexibility index (Phi) is 5.30. The fourth-order valence-corrected chi connectivity index (χ4v) is 3.09. The Labute approximate surface area is 141 Å². The smallest absolute Gasteiger partial charge is 0.287 e. The number of piperidine rings is 1. The zero-order valence-corrected chi connectivity index (χ0v) is 14.1. The van der Waals surface area contributed by atoms with Crippen LogP contribution in [0.3, 0.4) is 0 Å². The van der Waals surface area contributed by atoms with Gasteiger partial charge in [-0.25, -0.2) is 0 Å². The van der Waals surface area contributed by atoms with Gasteiger partial charge in [-0.05, 0) is 56.9 Å². The zero-order valence-electron chi connectivity index (χ0n) is 14.1. The van der Waals surface area contributed by atoms with Gasteiger partial charge in [0.15, 0.2) is 11.2 Å². The fraction of sp³-hybridized carbons (Fsp3) is 0.474. The third-order valence-corrected chi connectivity index (χ3v) is 4.67. The van der Waals surface area contributed by atoms with Gasteiger partial charge < -0.3 is 14.6 Å². The third-order valence-electron chi connectivity index (χ3n) is 4.67. The Balaban J connectivity index is 1.51. The van der Waals surface area contributed by atoms with E-state index in [4.69, 9.17) is 4.42 Å². The second-order valence-electron chi connectivity index (χ2n) is 6.60. The van der Waals surface area contributed by atoms with Crippen molar-refractivity contribution in [1.82, 2.24) is 10.2 Å². The van der Waals surface area contributed by atoms with Crippen molar-refractivity contribution in [1.29, 1.82) is 0 Å². The number of carbonyl (C=O) groups excluding carboxylic acids is 1. The molecule has 0 spiro atoms. The molecule has 2 heterocycles.